The summed E-state index contributed by atoms with van der Waals surface area (Å²) in [6.45, 7) is 13.0. The normalized spacial score (nSPS) is 32.2. The Hall–Kier alpha value is -0.0800. The third kappa shape index (κ3) is 3.27. The van der Waals surface area contributed by atoms with Crippen LogP contribution in [0.4, 0.5) is 0 Å². The Morgan fingerprint density at radius 2 is 1.78 bits per heavy atom. The van der Waals surface area contributed by atoms with Crippen LogP contribution in [0.15, 0.2) is 0 Å². The lowest BCUT2D eigenvalue weighted by molar-refractivity contribution is 0.0246. The smallest absolute Gasteiger partial charge is 0.00870 e. The number of hydrogen-bond acceptors (Lipinski definition) is 2. The highest BCUT2D eigenvalue weighted by molar-refractivity contribution is 4.94. The zero-order valence-corrected chi connectivity index (χ0v) is 13.4. The van der Waals surface area contributed by atoms with Crippen molar-refractivity contribution in [2.45, 2.75) is 72.4 Å². The first-order valence-electron chi connectivity index (χ1n) is 7.80. The van der Waals surface area contributed by atoms with Gasteiger partial charge in [0.05, 0.1) is 0 Å². The average Bonchev–Trinajstić information content (AvgIpc) is 2.32. The van der Waals surface area contributed by atoms with Crippen LogP contribution in [0.1, 0.15) is 60.3 Å². The highest BCUT2D eigenvalue weighted by Gasteiger charge is 2.41. The molecule has 0 amide bonds. The summed E-state index contributed by atoms with van der Waals surface area (Å²) in [5, 5.41) is 0. The van der Waals surface area contributed by atoms with E-state index < -0.39 is 0 Å². The average molecular weight is 254 g/mol. The van der Waals surface area contributed by atoms with Gasteiger partial charge in [-0.1, -0.05) is 34.6 Å². The Morgan fingerprint density at radius 3 is 2.28 bits per heavy atom. The van der Waals surface area contributed by atoms with E-state index in [9.17, 15) is 0 Å². The van der Waals surface area contributed by atoms with E-state index >= 15 is 0 Å². The largest absolute Gasteiger partial charge is 0.327 e. The van der Waals surface area contributed by atoms with Crippen molar-refractivity contribution in [1.29, 1.82) is 0 Å². The first kappa shape index (κ1) is 16.0. The number of rotatable bonds is 5. The summed E-state index contributed by atoms with van der Waals surface area (Å²) in [5.41, 5.74) is 6.62. The summed E-state index contributed by atoms with van der Waals surface area (Å²) in [6, 6.07) is 1.14. The number of hydrogen-bond donors (Lipinski definition) is 1. The van der Waals surface area contributed by atoms with E-state index in [1.807, 2.05) is 0 Å². The summed E-state index contributed by atoms with van der Waals surface area (Å²) in [5.74, 6) is 1.42. The highest BCUT2D eigenvalue weighted by Crippen LogP contribution is 2.44. The lowest BCUT2D eigenvalue weighted by Gasteiger charge is -2.48. The molecule has 1 rings (SSSR count). The van der Waals surface area contributed by atoms with E-state index in [0.29, 0.717) is 17.4 Å². The van der Waals surface area contributed by atoms with Crippen LogP contribution in [0.3, 0.4) is 0 Å². The highest BCUT2D eigenvalue weighted by atomic mass is 15.1. The van der Waals surface area contributed by atoms with Crippen LogP contribution in [0.25, 0.3) is 0 Å². The molecule has 0 spiro atoms. The Balaban J connectivity index is 2.66. The molecule has 1 fully saturated rings. The minimum atomic E-state index is 0.373. The molecule has 0 bridgehead atoms. The second-order valence-electron chi connectivity index (χ2n) is 6.96. The Bertz CT molecular complexity index is 245. The van der Waals surface area contributed by atoms with E-state index in [0.717, 1.165) is 12.0 Å². The molecular formula is C16H34N2. The maximum atomic E-state index is 6.25. The molecule has 0 heterocycles. The minimum Gasteiger partial charge on any atom is -0.327 e. The van der Waals surface area contributed by atoms with Crippen LogP contribution in [0, 0.1) is 17.3 Å². The predicted molar refractivity (Wildman–Crippen MR) is 80.6 cm³/mol. The van der Waals surface area contributed by atoms with Gasteiger partial charge in [-0.15, -0.1) is 0 Å². The maximum absolute atomic E-state index is 6.25. The third-order valence-corrected chi connectivity index (χ3v) is 5.79. The van der Waals surface area contributed by atoms with Crippen LogP contribution in [0.5, 0.6) is 0 Å². The summed E-state index contributed by atoms with van der Waals surface area (Å²) in [7, 11) is 2.30. The van der Waals surface area contributed by atoms with E-state index in [1.54, 1.807) is 0 Å². The van der Waals surface area contributed by atoms with Crippen molar-refractivity contribution in [2.24, 2.45) is 23.0 Å². The van der Waals surface area contributed by atoms with Crippen LogP contribution >= 0.6 is 0 Å². The number of nitrogens with two attached hydrogens (primary N) is 1. The summed E-state index contributed by atoms with van der Waals surface area (Å²) in [6.07, 6.45) is 5.01. The van der Waals surface area contributed by atoms with Gasteiger partial charge >= 0.3 is 0 Å². The van der Waals surface area contributed by atoms with Gasteiger partial charge in [0.15, 0.2) is 0 Å². The Kier molecular flexibility index (Phi) is 5.67. The molecule has 108 valence electrons. The molecule has 1 saturated carbocycles. The summed E-state index contributed by atoms with van der Waals surface area (Å²) >= 11 is 0. The second kappa shape index (κ2) is 6.38. The molecule has 0 aromatic rings. The molecule has 1 aliphatic carbocycles. The van der Waals surface area contributed by atoms with E-state index in [-0.39, 0.29) is 0 Å². The lowest BCUT2D eigenvalue weighted by Crippen LogP contribution is -2.50. The third-order valence-electron chi connectivity index (χ3n) is 5.79. The zero-order chi connectivity index (χ0) is 13.9. The quantitative estimate of drug-likeness (QED) is 0.813. The van der Waals surface area contributed by atoms with Crippen LogP contribution in [-0.2, 0) is 0 Å². The summed E-state index contributed by atoms with van der Waals surface area (Å²) < 4.78 is 0. The summed E-state index contributed by atoms with van der Waals surface area (Å²) in [4.78, 5) is 2.58. The fourth-order valence-corrected chi connectivity index (χ4v) is 3.67. The van der Waals surface area contributed by atoms with Crippen molar-refractivity contribution in [3.8, 4) is 0 Å². The van der Waals surface area contributed by atoms with Crippen molar-refractivity contribution in [3.05, 3.63) is 0 Å². The van der Waals surface area contributed by atoms with Crippen LogP contribution < -0.4 is 5.73 Å². The molecule has 0 aromatic carbocycles. The minimum absolute atomic E-state index is 0.373. The molecule has 0 saturated heterocycles. The molecule has 2 nitrogen and oxygen atoms in total. The van der Waals surface area contributed by atoms with Gasteiger partial charge in [-0.25, -0.2) is 0 Å². The van der Waals surface area contributed by atoms with Gasteiger partial charge < -0.3 is 10.6 Å². The van der Waals surface area contributed by atoms with E-state index in [4.69, 9.17) is 5.73 Å². The lowest BCUT2D eigenvalue weighted by atomic mass is 9.61. The van der Waals surface area contributed by atoms with Crippen molar-refractivity contribution in [3.63, 3.8) is 0 Å². The fourth-order valence-electron chi connectivity index (χ4n) is 3.67. The molecule has 0 aliphatic heterocycles. The molecule has 0 aromatic heterocycles. The van der Waals surface area contributed by atoms with Gasteiger partial charge in [-0.3, -0.25) is 0 Å². The molecule has 3 unspecified atom stereocenters. The zero-order valence-electron chi connectivity index (χ0n) is 13.4. The fraction of sp³-hybridized carbons (Fsp3) is 1.00. The van der Waals surface area contributed by atoms with Gasteiger partial charge in [0.1, 0.15) is 0 Å². The molecule has 3 atom stereocenters. The molecule has 18 heavy (non-hydrogen) atoms. The van der Waals surface area contributed by atoms with Crippen LogP contribution in [0.2, 0.25) is 0 Å². The monoisotopic (exact) mass is 254 g/mol. The van der Waals surface area contributed by atoms with Gasteiger partial charge in [0, 0.05) is 18.6 Å². The van der Waals surface area contributed by atoms with Gasteiger partial charge in [-0.05, 0) is 50.0 Å². The molecular weight excluding hydrogens is 220 g/mol. The second-order valence-corrected chi connectivity index (χ2v) is 6.96. The molecule has 1 aliphatic rings. The first-order valence-corrected chi connectivity index (χ1v) is 7.80. The molecule has 2 N–H and O–H groups in total. The topological polar surface area (TPSA) is 29.3 Å². The van der Waals surface area contributed by atoms with Gasteiger partial charge in [0.2, 0.25) is 0 Å². The van der Waals surface area contributed by atoms with Crippen molar-refractivity contribution >= 4 is 0 Å². The predicted octanol–water partition coefficient (Wildman–Crippen LogP) is 3.51. The maximum Gasteiger partial charge on any atom is 0.00870 e. The van der Waals surface area contributed by atoms with Gasteiger partial charge in [0.25, 0.3) is 0 Å². The van der Waals surface area contributed by atoms with Gasteiger partial charge in [-0.2, -0.15) is 0 Å². The van der Waals surface area contributed by atoms with E-state index in [1.165, 1.54) is 32.2 Å². The van der Waals surface area contributed by atoms with Crippen molar-refractivity contribution in [1.82, 2.24) is 4.90 Å². The molecule has 2 heteroatoms. The number of nitrogens with zero attached hydrogens (tertiary/aromatic N) is 1. The standard InChI is InChI=1S/C16H34N2/c1-7-14(8-2)18(6)11-13-9-10-15(17)12(3)16(13,4)5/h12-15H,7-11,17H2,1-6H3. The first-order chi connectivity index (χ1) is 8.34. The SMILES string of the molecule is CCC(CC)N(C)CC1CCC(N)C(C)C1(C)C. The Labute approximate surface area is 114 Å². The Morgan fingerprint density at radius 1 is 1.22 bits per heavy atom. The van der Waals surface area contributed by atoms with E-state index in [2.05, 4.69) is 46.6 Å². The van der Waals surface area contributed by atoms with Crippen molar-refractivity contribution in [2.75, 3.05) is 13.6 Å². The molecule has 0 radical (unpaired) electrons. The van der Waals surface area contributed by atoms with Crippen LogP contribution in [-0.4, -0.2) is 30.6 Å². The van der Waals surface area contributed by atoms with Crippen molar-refractivity contribution < 1.29 is 0 Å².